The van der Waals surface area contributed by atoms with E-state index in [1.807, 2.05) is 0 Å². The van der Waals surface area contributed by atoms with Gasteiger partial charge in [0.15, 0.2) is 5.13 Å². The molecule has 0 bridgehead atoms. The second kappa shape index (κ2) is 9.44. The van der Waals surface area contributed by atoms with Crippen LogP contribution >= 0.6 is 11.3 Å². The van der Waals surface area contributed by atoms with Crippen LogP contribution in [0.15, 0.2) is 37.1 Å². The Morgan fingerprint density at radius 3 is 2.59 bits per heavy atom. The molecule has 4 heterocycles. The van der Waals surface area contributed by atoms with E-state index in [1.165, 1.54) is 42.3 Å². The average molecular weight is 499 g/mol. The van der Waals surface area contributed by atoms with Crippen molar-refractivity contribution in [2.45, 2.75) is 24.9 Å². The summed E-state index contributed by atoms with van der Waals surface area (Å²) in [6, 6.07) is 3.06. The van der Waals surface area contributed by atoms with Crippen LogP contribution in [-0.2, 0) is 0 Å². The minimum Gasteiger partial charge on any atom is -0.356 e. The second-order valence-electron chi connectivity index (χ2n) is 7.52. The van der Waals surface area contributed by atoms with Crippen LogP contribution in [0.5, 0.6) is 0 Å². The van der Waals surface area contributed by atoms with Crippen LogP contribution in [0.4, 0.5) is 38.7 Å². The summed E-state index contributed by atoms with van der Waals surface area (Å²) in [7, 11) is 0. The first-order valence-electron chi connectivity index (χ1n) is 10.1. The lowest BCUT2D eigenvalue weighted by molar-refractivity contribution is -0.123. The molecule has 4 rings (SSSR count). The van der Waals surface area contributed by atoms with Crippen molar-refractivity contribution in [1.29, 1.82) is 0 Å². The Morgan fingerprint density at radius 1 is 1.09 bits per heavy atom. The van der Waals surface area contributed by atoms with Crippen molar-refractivity contribution in [1.82, 2.24) is 25.3 Å². The fraction of sp³-hybridized carbons (Fsp3) is 0.350. The maximum Gasteiger partial charge on any atom is 0.405 e. The Kier molecular flexibility index (Phi) is 6.59. The van der Waals surface area contributed by atoms with Crippen molar-refractivity contribution in [3.8, 4) is 10.4 Å². The third-order valence-electron chi connectivity index (χ3n) is 4.95. The lowest BCUT2D eigenvalue weighted by Crippen LogP contribution is -2.39. The van der Waals surface area contributed by atoms with Crippen LogP contribution in [0, 0.1) is 0 Å². The van der Waals surface area contributed by atoms with E-state index in [9.17, 15) is 26.7 Å². The Morgan fingerprint density at radius 2 is 1.85 bits per heavy atom. The smallest absolute Gasteiger partial charge is 0.356 e. The number of carbonyl (C=O) groups excluding carboxylic acids is 1. The molecule has 8 nitrogen and oxygen atoms in total. The molecule has 1 fully saturated rings. The average Bonchev–Trinajstić information content (AvgIpc) is 3.26. The number of alkyl halides is 5. The number of halogens is 5. The Balaban J connectivity index is 1.43. The van der Waals surface area contributed by atoms with Crippen molar-refractivity contribution in [2.75, 3.05) is 29.9 Å². The van der Waals surface area contributed by atoms with Crippen LogP contribution in [0.3, 0.4) is 0 Å². The third kappa shape index (κ3) is 6.12. The van der Waals surface area contributed by atoms with Gasteiger partial charge in [-0.3, -0.25) is 9.78 Å². The van der Waals surface area contributed by atoms with E-state index >= 15 is 0 Å². The van der Waals surface area contributed by atoms with Gasteiger partial charge in [0, 0.05) is 56.2 Å². The number of rotatable bonds is 6. The molecule has 1 saturated heterocycles. The van der Waals surface area contributed by atoms with Crippen molar-refractivity contribution >= 4 is 34.0 Å². The van der Waals surface area contributed by atoms with Gasteiger partial charge in [-0.1, -0.05) is 11.3 Å². The van der Waals surface area contributed by atoms with Crippen molar-refractivity contribution < 1.29 is 26.7 Å². The number of thiazole rings is 1. The fourth-order valence-electron chi connectivity index (χ4n) is 3.21. The van der Waals surface area contributed by atoms with E-state index in [-0.39, 0.29) is 31.5 Å². The van der Waals surface area contributed by atoms with Gasteiger partial charge >= 0.3 is 6.18 Å². The molecule has 1 aliphatic heterocycles. The van der Waals surface area contributed by atoms with Crippen LogP contribution in [0.2, 0.25) is 0 Å². The van der Waals surface area contributed by atoms with E-state index in [2.05, 4.69) is 25.3 Å². The van der Waals surface area contributed by atoms with Crippen LogP contribution in [0.25, 0.3) is 10.4 Å². The van der Waals surface area contributed by atoms with Gasteiger partial charge in [-0.2, -0.15) is 13.2 Å². The molecular weight excluding hydrogens is 481 g/mol. The molecule has 0 radical (unpaired) electrons. The number of carbonyl (C=O) groups is 1. The van der Waals surface area contributed by atoms with E-state index < -0.39 is 24.6 Å². The quantitative estimate of drug-likeness (QED) is 0.489. The second-order valence-corrected chi connectivity index (χ2v) is 8.55. The summed E-state index contributed by atoms with van der Waals surface area (Å²) >= 11 is 1.21. The molecule has 2 N–H and O–H groups in total. The molecule has 3 aromatic rings. The van der Waals surface area contributed by atoms with E-state index in [0.29, 0.717) is 27.2 Å². The van der Waals surface area contributed by atoms with Crippen LogP contribution < -0.4 is 15.5 Å². The van der Waals surface area contributed by atoms with Crippen LogP contribution in [0.1, 0.15) is 23.2 Å². The van der Waals surface area contributed by atoms with Crippen LogP contribution in [-0.4, -0.2) is 57.6 Å². The Labute approximate surface area is 194 Å². The summed E-state index contributed by atoms with van der Waals surface area (Å²) in [4.78, 5) is 30.8. The van der Waals surface area contributed by atoms with E-state index in [0.717, 1.165) is 0 Å². The summed E-state index contributed by atoms with van der Waals surface area (Å²) in [6.45, 7) is -1.07. The van der Waals surface area contributed by atoms with E-state index in [4.69, 9.17) is 0 Å². The maximum absolute atomic E-state index is 13.4. The summed E-state index contributed by atoms with van der Waals surface area (Å²) < 4.78 is 63.8. The first kappa shape index (κ1) is 23.7. The van der Waals surface area contributed by atoms with Crippen molar-refractivity contribution in [3.63, 3.8) is 0 Å². The molecule has 180 valence electrons. The monoisotopic (exact) mass is 499 g/mol. The molecule has 1 amide bonds. The van der Waals surface area contributed by atoms with Gasteiger partial charge in [0.1, 0.15) is 24.5 Å². The van der Waals surface area contributed by atoms with Gasteiger partial charge in [-0.05, 0) is 6.07 Å². The Hall–Kier alpha value is -3.42. The highest BCUT2D eigenvalue weighted by atomic mass is 32.1. The minimum absolute atomic E-state index is 0.0165. The third-order valence-corrected chi connectivity index (χ3v) is 5.91. The fourth-order valence-corrected chi connectivity index (χ4v) is 4.01. The topological polar surface area (TPSA) is 95.9 Å². The molecule has 1 aliphatic rings. The molecule has 0 spiro atoms. The zero-order chi connectivity index (χ0) is 24.3. The summed E-state index contributed by atoms with van der Waals surface area (Å²) in [5.74, 6) is -2.61. The molecule has 0 atom stereocenters. The predicted octanol–water partition coefficient (Wildman–Crippen LogP) is 4.27. The highest BCUT2D eigenvalue weighted by molar-refractivity contribution is 7.18. The zero-order valence-electron chi connectivity index (χ0n) is 17.4. The number of piperidine rings is 1. The zero-order valence-corrected chi connectivity index (χ0v) is 18.3. The van der Waals surface area contributed by atoms with Gasteiger partial charge in [-0.15, -0.1) is 0 Å². The highest BCUT2D eigenvalue weighted by Crippen LogP contribution is 2.32. The molecule has 14 heteroatoms. The summed E-state index contributed by atoms with van der Waals surface area (Å²) in [5, 5.41) is 5.28. The number of nitrogens with zero attached hydrogens (tertiary/aromatic N) is 5. The standard InChI is InChI=1S/C20H18F5N7OS/c21-19(22)1-3-32(4-2-19)16-6-15(29-11-30-16)31-18-27-9-14(34-18)12-5-13(8-26-7-12)17(33)28-10-20(23,24)25/h5-9,11H,1-4,10H2,(H,28,33)(H,27,29,30,31). The molecule has 3 aromatic heterocycles. The molecule has 0 aliphatic carbocycles. The number of amides is 1. The van der Waals surface area contributed by atoms with Gasteiger partial charge < -0.3 is 15.5 Å². The number of nitrogens with one attached hydrogen (secondary N) is 2. The molecule has 0 unspecified atom stereocenters. The molecule has 0 aromatic carbocycles. The summed E-state index contributed by atoms with van der Waals surface area (Å²) in [5.41, 5.74) is 0.486. The first-order chi connectivity index (χ1) is 16.1. The van der Waals surface area contributed by atoms with Gasteiger partial charge in [0.2, 0.25) is 0 Å². The predicted molar refractivity (Wildman–Crippen MR) is 115 cm³/mol. The van der Waals surface area contributed by atoms with Gasteiger partial charge in [0.05, 0.1) is 10.4 Å². The largest absolute Gasteiger partial charge is 0.405 e. The molecular formula is C20H18F5N7OS. The maximum atomic E-state index is 13.4. The first-order valence-corrected chi connectivity index (χ1v) is 10.9. The number of aromatic nitrogens is 4. The SMILES string of the molecule is O=C(NCC(F)(F)F)c1cncc(-c2cnc(Nc3cc(N4CCC(F)(F)CC4)ncn3)s2)c1. The minimum atomic E-state index is -4.51. The molecule has 0 saturated carbocycles. The number of anilines is 3. The highest BCUT2D eigenvalue weighted by Gasteiger charge is 2.34. The number of hydrogen-bond donors (Lipinski definition) is 2. The van der Waals surface area contributed by atoms with E-state index in [1.54, 1.807) is 16.3 Å². The lowest BCUT2D eigenvalue weighted by Gasteiger charge is -2.32. The van der Waals surface area contributed by atoms with Gasteiger partial charge in [-0.25, -0.2) is 23.7 Å². The normalized spacial score (nSPS) is 15.7. The number of hydrogen-bond acceptors (Lipinski definition) is 8. The van der Waals surface area contributed by atoms with Crippen molar-refractivity contribution in [2.24, 2.45) is 0 Å². The lowest BCUT2D eigenvalue weighted by atomic mass is 10.1. The van der Waals surface area contributed by atoms with Gasteiger partial charge in [0.25, 0.3) is 11.8 Å². The number of pyridine rings is 1. The summed E-state index contributed by atoms with van der Waals surface area (Å²) in [6.07, 6.45) is 0.496. The van der Waals surface area contributed by atoms with Crippen molar-refractivity contribution in [3.05, 3.63) is 42.6 Å². The molecule has 34 heavy (non-hydrogen) atoms. The Bertz CT molecular complexity index is 1160.